The van der Waals surface area contributed by atoms with Gasteiger partial charge < -0.3 is 0 Å². The predicted molar refractivity (Wildman–Crippen MR) is 348 cm³/mol. The normalized spacial score (nSPS) is 15.5. The summed E-state index contributed by atoms with van der Waals surface area (Å²) in [6.45, 7) is 33.5. The molecule has 78 heavy (non-hydrogen) atoms. The molecule has 1 aliphatic carbocycles. The molecule has 0 N–H and O–H groups in total. The molecular formula is C76H112O2. The maximum absolute atomic E-state index is 13.1. The lowest BCUT2D eigenvalue weighted by Crippen LogP contribution is -2.20. The molecule has 0 saturated heterocycles. The molecule has 2 rings (SSSR count). The van der Waals surface area contributed by atoms with Crippen molar-refractivity contribution in [1.29, 1.82) is 0 Å². The van der Waals surface area contributed by atoms with Gasteiger partial charge >= 0.3 is 0 Å². The second-order valence-electron chi connectivity index (χ2n) is 23.9. The molecule has 0 bridgehead atoms. The summed E-state index contributed by atoms with van der Waals surface area (Å²) in [5.41, 5.74) is 21.5. The second-order valence-corrected chi connectivity index (χ2v) is 23.9. The van der Waals surface area contributed by atoms with Gasteiger partial charge in [-0.1, -0.05) is 176 Å². The van der Waals surface area contributed by atoms with E-state index in [1.165, 1.54) is 111 Å². The largest absolute Gasteiger partial charge is 0.289 e. The lowest BCUT2D eigenvalue weighted by molar-refractivity contribution is 0.0973. The first-order valence-corrected chi connectivity index (χ1v) is 30.6. The Morgan fingerprint density at radius 3 is 0.692 bits per heavy atom. The molecule has 2 nitrogen and oxygen atoms in total. The highest BCUT2D eigenvalue weighted by Gasteiger charge is 2.28. The third-order valence-corrected chi connectivity index (χ3v) is 15.6. The van der Waals surface area contributed by atoms with Crippen molar-refractivity contribution in [3.8, 4) is 0 Å². The fraction of sp³-hybridized carbons (Fsp3) is 0.526. The first-order valence-electron chi connectivity index (χ1n) is 30.6. The van der Waals surface area contributed by atoms with Crippen molar-refractivity contribution in [2.75, 3.05) is 0 Å². The molecule has 0 heterocycles. The Bertz CT molecular complexity index is 2490. The Labute approximate surface area is 481 Å². The van der Waals surface area contributed by atoms with Crippen LogP contribution in [0.3, 0.4) is 0 Å². The van der Waals surface area contributed by atoms with Crippen LogP contribution in [0.15, 0.2) is 187 Å². The van der Waals surface area contributed by atoms with Gasteiger partial charge in [-0.15, -0.1) is 0 Å². The zero-order chi connectivity index (χ0) is 57.7. The van der Waals surface area contributed by atoms with Crippen LogP contribution in [-0.2, 0) is 0 Å². The minimum Gasteiger partial charge on any atom is -0.289 e. The lowest BCUT2D eigenvalue weighted by atomic mass is 9.83. The van der Waals surface area contributed by atoms with Crippen molar-refractivity contribution in [2.24, 2.45) is 0 Å². The van der Waals surface area contributed by atoms with E-state index in [4.69, 9.17) is 0 Å². The third-order valence-electron chi connectivity index (χ3n) is 15.6. The average molecular weight is 1060 g/mol. The predicted octanol–water partition coefficient (Wildman–Crippen LogP) is 24.5. The van der Waals surface area contributed by atoms with Crippen molar-refractivity contribution < 1.29 is 9.59 Å². The van der Waals surface area contributed by atoms with E-state index in [0.29, 0.717) is 28.7 Å². The van der Waals surface area contributed by atoms with Gasteiger partial charge in [-0.25, -0.2) is 0 Å². The van der Waals surface area contributed by atoms with E-state index in [1.807, 2.05) is 12.1 Å². The van der Waals surface area contributed by atoms with E-state index < -0.39 is 0 Å². The standard InChI is InChI=1S/C76H112O2/c1-58(2)30-18-31-59(3)32-19-33-60(4)34-20-35-61(5)36-21-37-62(6)38-22-39-63(7)40-23-41-64(8)42-24-43-65(9)44-25-45-66(10)46-26-47-67(11)48-27-49-68(12)50-28-51-69(13)52-29-53-70(14)56-57-72-71(15)75(77)73-54-16-17-55-74(73)76(72)78/h16-17,30,32,34,36,38,40,42,44,46,48,50,52,54-56H,18-29,31,33,35,37,39,41,43,45,47,49,51,53,57H2,1-15H3/b59-32+,60-34+,61-36+,62-38+,63-40+,64-42-,65-44+,66-46+,67-48+,68-50+,69-52+,70-56+. The van der Waals surface area contributed by atoms with E-state index in [1.54, 1.807) is 19.1 Å². The van der Waals surface area contributed by atoms with Crippen molar-refractivity contribution >= 4 is 11.6 Å². The summed E-state index contributed by atoms with van der Waals surface area (Å²) in [5.74, 6) is -0.0326. The molecule has 2 heteroatoms. The number of carbonyl (C=O) groups is 2. The van der Waals surface area contributed by atoms with E-state index in [9.17, 15) is 9.59 Å². The van der Waals surface area contributed by atoms with Gasteiger partial charge in [0.25, 0.3) is 0 Å². The van der Waals surface area contributed by atoms with Crippen LogP contribution in [0, 0.1) is 0 Å². The quantitative estimate of drug-likeness (QED) is 0.0619. The summed E-state index contributed by atoms with van der Waals surface area (Å²) in [6.07, 6.45) is 59.1. The third kappa shape index (κ3) is 32.7. The first-order chi connectivity index (χ1) is 37.2. The summed E-state index contributed by atoms with van der Waals surface area (Å²) >= 11 is 0. The van der Waals surface area contributed by atoms with Crippen molar-refractivity contribution in [1.82, 2.24) is 0 Å². The molecule has 428 valence electrons. The molecule has 0 atom stereocenters. The van der Waals surface area contributed by atoms with Crippen LogP contribution in [0.25, 0.3) is 0 Å². The van der Waals surface area contributed by atoms with Gasteiger partial charge in [0.2, 0.25) is 0 Å². The molecule has 1 aliphatic rings. The minimum absolute atomic E-state index is 0.00907. The minimum atomic E-state index is -0.0235. The van der Waals surface area contributed by atoms with Gasteiger partial charge in [0, 0.05) is 22.3 Å². The van der Waals surface area contributed by atoms with Crippen molar-refractivity contribution in [3.05, 3.63) is 198 Å². The number of hydrogen-bond acceptors (Lipinski definition) is 2. The fourth-order valence-corrected chi connectivity index (χ4v) is 9.89. The highest BCUT2D eigenvalue weighted by Crippen LogP contribution is 2.29. The molecule has 0 fully saturated rings. The first kappa shape index (κ1) is 69.0. The molecule has 0 saturated carbocycles. The van der Waals surface area contributed by atoms with Crippen LogP contribution in [0.5, 0.6) is 0 Å². The molecule has 0 aromatic heterocycles. The molecular weight excluding hydrogens is 945 g/mol. The average Bonchev–Trinajstić information content (AvgIpc) is 3.48. The summed E-state index contributed by atoms with van der Waals surface area (Å²) in [4.78, 5) is 25.9. The van der Waals surface area contributed by atoms with Gasteiger partial charge in [-0.2, -0.15) is 0 Å². The number of Topliss-reactive ketones (excluding diaryl/α,β-unsaturated/α-hetero) is 2. The van der Waals surface area contributed by atoms with Gasteiger partial charge in [0.05, 0.1) is 0 Å². The zero-order valence-corrected chi connectivity index (χ0v) is 52.8. The van der Waals surface area contributed by atoms with Crippen LogP contribution in [0.2, 0.25) is 0 Å². The fourth-order valence-electron chi connectivity index (χ4n) is 9.89. The molecule has 0 spiro atoms. The second kappa shape index (κ2) is 41.0. The number of rotatable bonds is 38. The Hall–Kier alpha value is -5.08. The maximum Gasteiger partial charge on any atom is 0.190 e. The summed E-state index contributed by atoms with van der Waals surface area (Å²) in [5, 5.41) is 0. The van der Waals surface area contributed by atoms with Crippen LogP contribution >= 0.6 is 0 Å². The topological polar surface area (TPSA) is 34.1 Å². The Kier molecular flexibility index (Phi) is 36.3. The van der Waals surface area contributed by atoms with E-state index in [2.05, 4.69) is 176 Å². The Balaban J connectivity index is 1.55. The van der Waals surface area contributed by atoms with Crippen molar-refractivity contribution in [2.45, 2.75) is 264 Å². The summed E-state index contributed by atoms with van der Waals surface area (Å²) in [7, 11) is 0. The van der Waals surface area contributed by atoms with Crippen LogP contribution < -0.4 is 0 Å². The van der Waals surface area contributed by atoms with Gasteiger partial charge in [0.1, 0.15) is 0 Å². The summed E-state index contributed by atoms with van der Waals surface area (Å²) in [6, 6.07) is 7.17. The molecule has 1 aromatic carbocycles. The Morgan fingerprint density at radius 2 is 0.474 bits per heavy atom. The Morgan fingerprint density at radius 1 is 0.282 bits per heavy atom. The van der Waals surface area contributed by atoms with Gasteiger partial charge in [-0.3, -0.25) is 9.59 Å². The number of carbonyl (C=O) groups excluding carboxylic acids is 2. The summed E-state index contributed by atoms with van der Waals surface area (Å²) < 4.78 is 0. The molecule has 0 unspecified atom stereocenters. The number of benzene rings is 1. The number of hydrogen-bond donors (Lipinski definition) is 0. The van der Waals surface area contributed by atoms with Crippen molar-refractivity contribution in [3.63, 3.8) is 0 Å². The number of allylic oxidation sites excluding steroid dienone is 28. The number of fused-ring (bicyclic) bond motifs is 1. The molecule has 0 amide bonds. The number of ketones is 2. The lowest BCUT2D eigenvalue weighted by Gasteiger charge is -2.18. The van der Waals surface area contributed by atoms with E-state index in [0.717, 1.165) is 116 Å². The molecule has 0 aliphatic heterocycles. The molecule has 1 aromatic rings. The highest BCUT2D eigenvalue weighted by molar-refractivity contribution is 6.26. The van der Waals surface area contributed by atoms with E-state index in [-0.39, 0.29) is 11.6 Å². The monoisotopic (exact) mass is 1060 g/mol. The van der Waals surface area contributed by atoms with E-state index >= 15 is 0 Å². The van der Waals surface area contributed by atoms with Crippen LogP contribution in [0.1, 0.15) is 285 Å². The highest BCUT2D eigenvalue weighted by atomic mass is 16.1. The molecule has 0 radical (unpaired) electrons. The van der Waals surface area contributed by atoms with Crippen LogP contribution in [0.4, 0.5) is 0 Å². The van der Waals surface area contributed by atoms with Gasteiger partial charge in [0.15, 0.2) is 11.6 Å². The van der Waals surface area contributed by atoms with Crippen LogP contribution in [-0.4, -0.2) is 11.6 Å². The maximum atomic E-state index is 13.1. The smallest absolute Gasteiger partial charge is 0.190 e. The van der Waals surface area contributed by atoms with Gasteiger partial charge in [-0.05, 0) is 264 Å². The SMILES string of the molecule is CC(C)=CCC/C(C)=C/CC/C(C)=C/CC/C(C)=C/CC/C(C)=C/CC/C(C)=C/CC/C(C)=C\CC/C(C)=C/CC/C(C)=C/CC/C(C)=C/CC/C(C)=C/CC/C(C)=C/CC/C(C)=C/CC1=C(C)C(=O)c2ccccc2C1=O. The zero-order valence-electron chi connectivity index (χ0n) is 52.8.